The van der Waals surface area contributed by atoms with Crippen LogP contribution in [0.25, 0.3) is 11.3 Å². The second-order valence-corrected chi connectivity index (χ2v) is 7.28. The van der Waals surface area contributed by atoms with Crippen LogP contribution in [0, 0.1) is 13.8 Å². The molecule has 3 N–H and O–H groups in total. The van der Waals surface area contributed by atoms with E-state index in [1.807, 2.05) is 0 Å². The van der Waals surface area contributed by atoms with Crippen LogP contribution in [0.3, 0.4) is 0 Å². The number of alkyl halides is 3. The van der Waals surface area contributed by atoms with Gasteiger partial charge in [0.2, 0.25) is 0 Å². The fraction of sp³-hybridized carbons (Fsp3) is 0.222. The molecule has 158 valence electrons. The summed E-state index contributed by atoms with van der Waals surface area (Å²) in [7, 11) is 0. The average molecular weight is 459 g/mol. The molecule has 0 saturated carbocycles. The Morgan fingerprint density at radius 1 is 1.10 bits per heavy atom. The third-order valence-electron chi connectivity index (χ3n) is 4.04. The van der Waals surface area contributed by atoms with Gasteiger partial charge >= 0.3 is 12.2 Å². The first-order chi connectivity index (χ1) is 14.0. The van der Waals surface area contributed by atoms with E-state index in [-0.39, 0.29) is 23.5 Å². The summed E-state index contributed by atoms with van der Waals surface area (Å²) >= 11 is 11.8. The van der Waals surface area contributed by atoms with Crippen LogP contribution in [0.1, 0.15) is 22.6 Å². The molecule has 0 atom stereocenters. The highest BCUT2D eigenvalue weighted by atomic mass is 35.5. The fourth-order valence-corrected chi connectivity index (χ4v) is 3.30. The van der Waals surface area contributed by atoms with Gasteiger partial charge in [-0.15, -0.1) is 5.10 Å². The number of carbonyl (C=O) groups excluding carboxylic acids is 1. The second-order valence-electron chi connectivity index (χ2n) is 6.40. The quantitative estimate of drug-likeness (QED) is 0.504. The SMILES string of the molecule is Cc1cc(CNC(=O)Nc2cc(Cl)cc(Cl)c2)nnc1-c1c(C(F)(F)F)n[nH]c1C. The van der Waals surface area contributed by atoms with E-state index in [4.69, 9.17) is 23.2 Å². The smallest absolute Gasteiger partial charge is 0.332 e. The number of anilines is 1. The highest BCUT2D eigenvalue weighted by molar-refractivity contribution is 6.35. The van der Waals surface area contributed by atoms with Gasteiger partial charge in [-0.2, -0.15) is 23.4 Å². The number of aryl methyl sites for hydroxylation is 2. The largest absolute Gasteiger partial charge is 0.435 e. The number of amides is 2. The van der Waals surface area contributed by atoms with Gasteiger partial charge in [0, 0.05) is 21.4 Å². The van der Waals surface area contributed by atoms with Crippen molar-refractivity contribution in [2.75, 3.05) is 5.32 Å². The molecule has 0 aliphatic heterocycles. The van der Waals surface area contributed by atoms with E-state index in [0.717, 1.165) is 0 Å². The molecule has 0 unspecified atom stereocenters. The summed E-state index contributed by atoms with van der Waals surface area (Å²) in [6.07, 6.45) is -4.63. The predicted octanol–water partition coefficient (Wildman–Crippen LogP) is 5.13. The van der Waals surface area contributed by atoms with Crippen molar-refractivity contribution in [2.45, 2.75) is 26.6 Å². The van der Waals surface area contributed by atoms with E-state index in [2.05, 4.69) is 31.0 Å². The second kappa shape index (κ2) is 8.49. The van der Waals surface area contributed by atoms with Crippen molar-refractivity contribution < 1.29 is 18.0 Å². The van der Waals surface area contributed by atoms with Gasteiger partial charge in [-0.3, -0.25) is 5.10 Å². The molecule has 0 fully saturated rings. The van der Waals surface area contributed by atoms with Crippen molar-refractivity contribution in [3.8, 4) is 11.3 Å². The lowest BCUT2D eigenvalue weighted by atomic mass is 10.0. The maximum atomic E-state index is 13.2. The van der Waals surface area contributed by atoms with Gasteiger partial charge in [-0.25, -0.2) is 4.79 Å². The topological polar surface area (TPSA) is 95.6 Å². The maximum absolute atomic E-state index is 13.2. The van der Waals surface area contributed by atoms with E-state index in [0.29, 0.717) is 27.0 Å². The predicted molar refractivity (Wildman–Crippen MR) is 106 cm³/mol. The number of rotatable bonds is 4. The number of aromatic amines is 1. The van der Waals surface area contributed by atoms with Crippen molar-refractivity contribution in [3.63, 3.8) is 0 Å². The number of hydrogen-bond acceptors (Lipinski definition) is 4. The molecule has 0 bridgehead atoms. The monoisotopic (exact) mass is 458 g/mol. The molecule has 2 amide bonds. The van der Waals surface area contributed by atoms with E-state index in [9.17, 15) is 18.0 Å². The van der Waals surface area contributed by atoms with E-state index in [1.165, 1.54) is 25.1 Å². The molecule has 0 saturated heterocycles. The Hall–Kier alpha value is -2.85. The van der Waals surface area contributed by atoms with Gasteiger partial charge in [0.15, 0.2) is 5.69 Å². The lowest BCUT2D eigenvalue weighted by Crippen LogP contribution is -2.28. The highest BCUT2D eigenvalue weighted by Gasteiger charge is 2.38. The standard InChI is InChI=1S/C18H15Cl2F3N6O/c1-8-3-13(7-24-17(30)25-12-5-10(19)4-11(20)6-12)27-28-15(8)14-9(2)26-29-16(14)18(21,22)23/h3-6H,7H2,1-2H3,(H,26,29)(H2,24,25,30). The highest BCUT2D eigenvalue weighted by Crippen LogP contribution is 2.37. The van der Waals surface area contributed by atoms with Crippen molar-refractivity contribution in [3.05, 3.63) is 57.0 Å². The molecule has 0 spiro atoms. The molecule has 2 aromatic heterocycles. The summed E-state index contributed by atoms with van der Waals surface area (Å²) in [5.41, 5.74) is 0.313. The van der Waals surface area contributed by atoms with E-state index in [1.54, 1.807) is 13.0 Å². The number of H-pyrrole nitrogens is 1. The molecule has 0 aliphatic carbocycles. The van der Waals surface area contributed by atoms with Crippen LogP contribution in [0.2, 0.25) is 10.0 Å². The van der Waals surface area contributed by atoms with Crippen molar-refractivity contribution >= 4 is 34.9 Å². The van der Waals surface area contributed by atoms with Gasteiger partial charge in [-0.05, 0) is 43.7 Å². The number of urea groups is 1. The number of benzene rings is 1. The first-order valence-corrected chi connectivity index (χ1v) is 9.27. The summed E-state index contributed by atoms with van der Waals surface area (Å²) in [4.78, 5) is 12.1. The molecule has 1 aromatic carbocycles. The Bertz CT molecular complexity index is 1080. The molecule has 7 nitrogen and oxygen atoms in total. The summed E-state index contributed by atoms with van der Waals surface area (Å²) < 4.78 is 39.6. The Labute approximate surface area is 179 Å². The number of hydrogen-bond donors (Lipinski definition) is 3. The number of carbonyl (C=O) groups is 1. The lowest BCUT2D eigenvalue weighted by molar-refractivity contribution is -0.140. The summed E-state index contributed by atoms with van der Waals surface area (Å²) in [6, 6.07) is 5.58. The first-order valence-electron chi connectivity index (χ1n) is 8.51. The number of aromatic nitrogens is 4. The zero-order valence-corrected chi connectivity index (χ0v) is 17.2. The molecule has 12 heteroatoms. The summed E-state index contributed by atoms with van der Waals surface area (Å²) in [6.45, 7) is 3.08. The molecule has 3 aromatic rings. The van der Waals surface area contributed by atoms with Gasteiger partial charge in [-0.1, -0.05) is 23.2 Å². The van der Waals surface area contributed by atoms with Crippen LogP contribution >= 0.6 is 23.2 Å². The zero-order valence-electron chi connectivity index (χ0n) is 15.7. The lowest BCUT2D eigenvalue weighted by Gasteiger charge is -2.11. The van der Waals surface area contributed by atoms with Crippen LogP contribution in [0.5, 0.6) is 0 Å². The van der Waals surface area contributed by atoms with E-state index >= 15 is 0 Å². The van der Waals surface area contributed by atoms with Gasteiger partial charge in [0.25, 0.3) is 0 Å². The van der Waals surface area contributed by atoms with Crippen LogP contribution in [-0.4, -0.2) is 26.4 Å². The minimum atomic E-state index is -4.63. The molecular formula is C18H15Cl2F3N6O. The molecule has 3 rings (SSSR count). The molecule has 0 radical (unpaired) electrons. The Balaban J connectivity index is 1.72. The molecule has 2 heterocycles. The third kappa shape index (κ3) is 5.00. The summed E-state index contributed by atoms with van der Waals surface area (Å²) in [5.74, 6) is 0. The van der Waals surface area contributed by atoms with Gasteiger partial charge < -0.3 is 10.6 Å². The Morgan fingerprint density at radius 2 is 1.77 bits per heavy atom. The molecule has 0 aliphatic rings. The van der Waals surface area contributed by atoms with Crippen molar-refractivity contribution in [2.24, 2.45) is 0 Å². The van der Waals surface area contributed by atoms with Crippen molar-refractivity contribution in [1.82, 2.24) is 25.7 Å². The average Bonchev–Trinajstić information content (AvgIpc) is 3.01. The molecular weight excluding hydrogens is 444 g/mol. The summed E-state index contributed by atoms with van der Waals surface area (Å²) in [5, 5.41) is 19.4. The van der Waals surface area contributed by atoms with Crippen LogP contribution in [-0.2, 0) is 12.7 Å². The van der Waals surface area contributed by atoms with Crippen LogP contribution in [0.15, 0.2) is 24.3 Å². The Morgan fingerprint density at radius 3 is 2.37 bits per heavy atom. The third-order valence-corrected chi connectivity index (χ3v) is 4.47. The zero-order chi connectivity index (χ0) is 22.1. The van der Waals surface area contributed by atoms with Gasteiger partial charge in [0.05, 0.1) is 23.5 Å². The van der Waals surface area contributed by atoms with Crippen LogP contribution < -0.4 is 10.6 Å². The van der Waals surface area contributed by atoms with Gasteiger partial charge in [0.1, 0.15) is 0 Å². The van der Waals surface area contributed by atoms with E-state index < -0.39 is 17.9 Å². The molecule has 30 heavy (non-hydrogen) atoms. The normalized spacial score (nSPS) is 11.4. The minimum absolute atomic E-state index is 0.00471. The minimum Gasteiger partial charge on any atom is -0.332 e. The maximum Gasteiger partial charge on any atom is 0.435 e. The number of nitrogens with one attached hydrogen (secondary N) is 3. The first kappa shape index (κ1) is 21.8. The Kier molecular flexibility index (Phi) is 6.18. The fourth-order valence-electron chi connectivity index (χ4n) is 2.77. The van der Waals surface area contributed by atoms with Crippen molar-refractivity contribution in [1.29, 1.82) is 0 Å². The van der Waals surface area contributed by atoms with Crippen LogP contribution in [0.4, 0.5) is 23.7 Å². The number of nitrogens with zero attached hydrogens (tertiary/aromatic N) is 3. The number of halogens is 5.